The van der Waals surface area contributed by atoms with Crippen molar-refractivity contribution in [2.45, 2.75) is 32.2 Å². The predicted octanol–water partition coefficient (Wildman–Crippen LogP) is 4.12. The van der Waals surface area contributed by atoms with Gasteiger partial charge in [0.05, 0.1) is 5.69 Å². The molecule has 1 unspecified atom stereocenters. The number of para-hydroxylation sites is 1. The molecule has 0 aliphatic heterocycles. The minimum absolute atomic E-state index is 0.288. The lowest BCUT2D eigenvalue weighted by atomic mass is 10.1. The van der Waals surface area contributed by atoms with Gasteiger partial charge in [0.15, 0.2) is 9.84 Å². The first-order valence-corrected chi connectivity index (χ1v) is 11.4. The van der Waals surface area contributed by atoms with Crippen molar-refractivity contribution in [2.75, 3.05) is 6.26 Å². The molecular weight excluding hydrogens is 388 g/mol. The Labute approximate surface area is 171 Å². The fourth-order valence-corrected chi connectivity index (χ4v) is 3.50. The van der Waals surface area contributed by atoms with Crippen molar-refractivity contribution in [3.05, 3.63) is 71.4 Å². The van der Waals surface area contributed by atoms with Gasteiger partial charge in [-0.25, -0.2) is 8.42 Å². The van der Waals surface area contributed by atoms with Crippen LogP contribution in [0.4, 0.5) is 0 Å². The molecule has 152 valence electrons. The largest absolute Gasteiger partial charge is 0.456 e. The molecule has 1 aromatic heterocycles. The number of aromatic nitrogens is 1. The normalized spacial score (nSPS) is 15.2. The summed E-state index contributed by atoms with van der Waals surface area (Å²) in [6, 6.07) is 10.5. The van der Waals surface area contributed by atoms with E-state index in [9.17, 15) is 13.2 Å². The van der Waals surface area contributed by atoms with Crippen molar-refractivity contribution in [2.24, 2.45) is 0 Å². The first kappa shape index (κ1) is 20.8. The Kier molecular flexibility index (Phi) is 6.49. The summed E-state index contributed by atoms with van der Waals surface area (Å²) in [5.74, 6) is 0.635. The topological polar surface area (TPSA) is 85.4 Å². The van der Waals surface area contributed by atoms with Crippen molar-refractivity contribution < 1.29 is 17.9 Å². The van der Waals surface area contributed by atoms with Crippen LogP contribution in [0.5, 0.6) is 11.5 Å². The molecule has 0 saturated heterocycles. The van der Waals surface area contributed by atoms with Crippen molar-refractivity contribution in [3.63, 3.8) is 0 Å². The van der Waals surface area contributed by atoms with Crippen LogP contribution in [-0.2, 0) is 9.84 Å². The first-order valence-electron chi connectivity index (χ1n) is 9.43. The number of sulfone groups is 1. The van der Waals surface area contributed by atoms with Gasteiger partial charge in [-0.1, -0.05) is 30.4 Å². The third-order valence-corrected chi connectivity index (χ3v) is 5.08. The highest BCUT2D eigenvalue weighted by Crippen LogP contribution is 2.32. The molecule has 1 atom stereocenters. The third-order valence-electron chi connectivity index (χ3n) is 4.42. The SMILES string of the molecule is CC(/C=C/S(C)(=O)=O)NC(=O)c1cnc(C2=CCCC2)cc1Oc1ccccc1. The molecular formula is C22H24N2O4S. The Bertz CT molecular complexity index is 1040. The molecule has 0 bridgehead atoms. The standard InChI is InChI=1S/C22H24N2O4S/c1-16(12-13-29(2,26)27)24-22(25)19-15-23-20(17-8-6-7-9-17)14-21(19)28-18-10-4-3-5-11-18/h3-5,8,10-16H,6-7,9H2,1-2H3,(H,24,25)/b13-12+. The Morgan fingerprint density at radius 2 is 2.03 bits per heavy atom. The molecule has 0 radical (unpaired) electrons. The van der Waals surface area contributed by atoms with Gasteiger partial charge >= 0.3 is 0 Å². The summed E-state index contributed by atoms with van der Waals surface area (Å²) in [7, 11) is -3.26. The molecule has 1 aliphatic carbocycles. The summed E-state index contributed by atoms with van der Waals surface area (Å²) in [5, 5.41) is 3.84. The number of ether oxygens (including phenoxy) is 1. The fourth-order valence-electron chi connectivity index (χ4n) is 2.98. The lowest BCUT2D eigenvalue weighted by molar-refractivity contribution is 0.0944. The maximum absolute atomic E-state index is 12.8. The summed E-state index contributed by atoms with van der Waals surface area (Å²) in [4.78, 5) is 17.2. The van der Waals surface area contributed by atoms with Gasteiger partial charge < -0.3 is 10.1 Å². The first-order chi connectivity index (χ1) is 13.8. The number of hydrogen-bond donors (Lipinski definition) is 1. The van der Waals surface area contributed by atoms with Crippen molar-refractivity contribution >= 4 is 21.3 Å². The fraction of sp³-hybridized carbons (Fsp3) is 0.273. The average molecular weight is 413 g/mol. The molecule has 6 nitrogen and oxygen atoms in total. The zero-order valence-electron chi connectivity index (χ0n) is 16.5. The second-order valence-corrected chi connectivity index (χ2v) is 8.95. The molecule has 2 aromatic rings. The van der Waals surface area contributed by atoms with Gasteiger partial charge in [-0.2, -0.15) is 0 Å². The van der Waals surface area contributed by atoms with Crippen LogP contribution in [0.1, 0.15) is 42.2 Å². The van der Waals surface area contributed by atoms with E-state index in [0.29, 0.717) is 11.5 Å². The van der Waals surface area contributed by atoms with E-state index in [4.69, 9.17) is 4.74 Å². The summed E-state index contributed by atoms with van der Waals surface area (Å²) in [6.07, 6.45) is 9.27. The smallest absolute Gasteiger partial charge is 0.257 e. The molecule has 1 aliphatic rings. The van der Waals surface area contributed by atoms with Crippen LogP contribution in [0.3, 0.4) is 0 Å². The monoisotopic (exact) mass is 412 g/mol. The molecule has 1 aromatic carbocycles. The molecule has 1 heterocycles. The van der Waals surface area contributed by atoms with Crippen LogP contribution < -0.4 is 10.1 Å². The Hall–Kier alpha value is -2.93. The van der Waals surface area contributed by atoms with E-state index >= 15 is 0 Å². The summed E-state index contributed by atoms with van der Waals surface area (Å²) >= 11 is 0. The minimum atomic E-state index is -3.26. The number of pyridine rings is 1. The van der Waals surface area contributed by atoms with Crippen LogP contribution in [-0.4, -0.2) is 31.6 Å². The van der Waals surface area contributed by atoms with E-state index in [2.05, 4.69) is 16.4 Å². The minimum Gasteiger partial charge on any atom is -0.456 e. The van der Waals surface area contributed by atoms with E-state index in [-0.39, 0.29) is 11.5 Å². The highest BCUT2D eigenvalue weighted by molar-refractivity contribution is 7.93. The number of carbonyl (C=O) groups is 1. The Balaban J connectivity index is 1.87. The molecule has 29 heavy (non-hydrogen) atoms. The number of amides is 1. The lowest BCUT2D eigenvalue weighted by Crippen LogP contribution is -2.31. The highest BCUT2D eigenvalue weighted by Gasteiger charge is 2.18. The van der Waals surface area contributed by atoms with E-state index in [1.54, 1.807) is 13.0 Å². The van der Waals surface area contributed by atoms with E-state index in [0.717, 1.165) is 42.2 Å². The van der Waals surface area contributed by atoms with E-state index in [1.807, 2.05) is 30.3 Å². The van der Waals surface area contributed by atoms with Gasteiger partial charge in [-0.15, -0.1) is 0 Å². The Morgan fingerprint density at radius 3 is 2.69 bits per heavy atom. The number of carbonyl (C=O) groups excluding carboxylic acids is 1. The van der Waals surface area contributed by atoms with Gasteiger partial charge in [-0.3, -0.25) is 9.78 Å². The van der Waals surface area contributed by atoms with Gasteiger partial charge in [0, 0.05) is 30.0 Å². The number of hydrogen-bond acceptors (Lipinski definition) is 5. The van der Waals surface area contributed by atoms with Gasteiger partial charge in [0.25, 0.3) is 5.91 Å². The van der Waals surface area contributed by atoms with Crippen molar-refractivity contribution in [1.29, 1.82) is 0 Å². The van der Waals surface area contributed by atoms with Crippen LogP contribution in [0.15, 0.2) is 60.2 Å². The zero-order chi connectivity index (χ0) is 20.9. The van der Waals surface area contributed by atoms with Crippen LogP contribution in [0.25, 0.3) is 5.57 Å². The maximum atomic E-state index is 12.8. The summed E-state index contributed by atoms with van der Waals surface area (Å²) in [6.45, 7) is 1.70. The average Bonchev–Trinajstić information content (AvgIpc) is 3.21. The second kappa shape index (κ2) is 9.05. The molecule has 0 spiro atoms. The van der Waals surface area contributed by atoms with Crippen molar-refractivity contribution in [3.8, 4) is 11.5 Å². The van der Waals surface area contributed by atoms with E-state index in [1.165, 1.54) is 12.3 Å². The van der Waals surface area contributed by atoms with Crippen molar-refractivity contribution in [1.82, 2.24) is 10.3 Å². The second-order valence-electron chi connectivity index (χ2n) is 7.02. The van der Waals surface area contributed by atoms with Crippen LogP contribution >= 0.6 is 0 Å². The maximum Gasteiger partial charge on any atom is 0.257 e. The van der Waals surface area contributed by atoms with Gasteiger partial charge in [-0.05, 0) is 43.9 Å². The highest BCUT2D eigenvalue weighted by atomic mass is 32.2. The molecule has 3 rings (SSSR count). The number of rotatable bonds is 7. The quantitative estimate of drug-likeness (QED) is 0.739. The van der Waals surface area contributed by atoms with Crippen LogP contribution in [0.2, 0.25) is 0 Å². The molecule has 0 fully saturated rings. The summed E-state index contributed by atoms with van der Waals surface area (Å²) in [5.41, 5.74) is 2.24. The molecule has 0 saturated carbocycles. The number of benzene rings is 1. The predicted molar refractivity (Wildman–Crippen MR) is 113 cm³/mol. The number of nitrogens with one attached hydrogen (secondary N) is 1. The summed E-state index contributed by atoms with van der Waals surface area (Å²) < 4.78 is 28.5. The molecule has 7 heteroatoms. The number of nitrogens with zero attached hydrogens (tertiary/aromatic N) is 1. The molecule has 1 N–H and O–H groups in total. The zero-order valence-corrected chi connectivity index (χ0v) is 17.3. The molecule has 1 amide bonds. The van der Waals surface area contributed by atoms with Gasteiger partial charge in [0.2, 0.25) is 0 Å². The van der Waals surface area contributed by atoms with E-state index < -0.39 is 15.9 Å². The van der Waals surface area contributed by atoms with Crippen LogP contribution in [0, 0.1) is 0 Å². The number of allylic oxidation sites excluding steroid dienone is 2. The van der Waals surface area contributed by atoms with Gasteiger partial charge in [0.1, 0.15) is 17.1 Å². The lowest BCUT2D eigenvalue weighted by Gasteiger charge is -2.15. The Morgan fingerprint density at radius 1 is 1.28 bits per heavy atom. The third kappa shape index (κ3) is 6.02.